The fraction of sp³-hybridized carbons (Fsp3) is 0.409. The first-order chi connectivity index (χ1) is 15.7. The Hall–Kier alpha value is -3.53. The molecule has 0 spiro atoms. The van der Waals surface area contributed by atoms with Crippen molar-refractivity contribution in [3.63, 3.8) is 0 Å². The van der Waals surface area contributed by atoms with E-state index in [9.17, 15) is 4.79 Å². The highest BCUT2D eigenvalue weighted by Crippen LogP contribution is 2.21. The molecule has 10 nitrogen and oxygen atoms in total. The first kappa shape index (κ1) is 21.7. The van der Waals surface area contributed by atoms with E-state index in [1.807, 2.05) is 36.4 Å². The summed E-state index contributed by atoms with van der Waals surface area (Å²) < 4.78 is 12.3. The van der Waals surface area contributed by atoms with Crippen molar-refractivity contribution in [1.82, 2.24) is 30.5 Å². The normalized spacial score (nSPS) is 14.8. The second-order valence-corrected chi connectivity index (χ2v) is 7.55. The molecule has 168 valence electrons. The molecular weight excluding hydrogens is 410 g/mol. The van der Waals surface area contributed by atoms with Gasteiger partial charge in [-0.25, -0.2) is 9.67 Å². The predicted molar refractivity (Wildman–Crippen MR) is 117 cm³/mol. The average Bonchev–Trinajstić information content (AvgIpc) is 3.27. The van der Waals surface area contributed by atoms with Crippen LogP contribution in [0.4, 0.5) is 5.82 Å². The van der Waals surface area contributed by atoms with E-state index in [1.165, 1.54) is 0 Å². The number of ether oxygens (including phenoxy) is 2. The Morgan fingerprint density at radius 1 is 1.25 bits per heavy atom. The van der Waals surface area contributed by atoms with Crippen LogP contribution in [0.15, 0.2) is 42.6 Å². The van der Waals surface area contributed by atoms with Crippen molar-refractivity contribution >= 4 is 11.7 Å². The van der Waals surface area contributed by atoms with Crippen LogP contribution in [0.25, 0.3) is 0 Å². The lowest BCUT2D eigenvalue weighted by molar-refractivity contribution is -0.124. The molecule has 1 aliphatic rings. The first-order valence-electron chi connectivity index (χ1n) is 10.6. The molecule has 1 atom stereocenters. The summed E-state index contributed by atoms with van der Waals surface area (Å²) in [5.41, 5.74) is 1.91. The number of aromatic nitrogens is 5. The van der Waals surface area contributed by atoms with Gasteiger partial charge in [0.05, 0.1) is 20.3 Å². The molecule has 0 saturated carbocycles. The van der Waals surface area contributed by atoms with Crippen LogP contribution < -0.4 is 15.0 Å². The van der Waals surface area contributed by atoms with Crippen molar-refractivity contribution in [3.8, 4) is 5.75 Å². The molecule has 1 saturated heterocycles. The van der Waals surface area contributed by atoms with Crippen molar-refractivity contribution in [2.75, 3.05) is 38.3 Å². The molecule has 1 fully saturated rings. The average molecular weight is 438 g/mol. The number of hydrogen-bond acceptors (Lipinski definition) is 8. The summed E-state index contributed by atoms with van der Waals surface area (Å²) in [7, 11) is 1.62. The molecule has 1 aliphatic heterocycles. The number of pyridine rings is 1. The van der Waals surface area contributed by atoms with Gasteiger partial charge in [-0.3, -0.25) is 4.79 Å². The van der Waals surface area contributed by atoms with Gasteiger partial charge in [-0.1, -0.05) is 18.2 Å². The molecular formula is C22H27N7O3. The zero-order valence-electron chi connectivity index (χ0n) is 18.3. The number of tetrazole rings is 1. The summed E-state index contributed by atoms with van der Waals surface area (Å²) in [5, 5.41) is 14.8. The van der Waals surface area contributed by atoms with Gasteiger partial charge in [0.2, 0.25) is 5.91 Å². The molecule has 1 unspecified atom stereocenters. The van der Waals surface area contributed by atoms with E-state index >= 15 is 0 Å². The number of benzene rings is 1. The summed E-state index contributed by atoms with van der Waals surface area (Å²) in [6.07, 6.45) is 2.20. The number of aryl methyl sites for hydroxylation is 1. The second-order valence-electron chi connectivity index (χ2n) is 7.55. The number of morpholine rings is 1. The van der Waals surface area contributed by atoms with E-state index in [2.05, 4.69) is 30.7 Å². The Kier molecular flexibility index (Phi) is 6.90. The van der Waals surface area contributed by atoms with Gasteiger partial charge in [-0.15, -0.1) is 5.10 Å². The Balaban J connectivity index is 1.52. The van der Waals surface area contributed by atoms with Crippen LogP contribution in [0.3, 0.4) is 0 Å². The number of hydrogen-bond donors (Lipinski definition) is 1. The minimum absolute atomic E-state index is 0.167. The molecule has 1 N–H and O–H groups in total. The Morgan fingerprint density at radius 2 is 2.09 bits per heavy atom. The highest BCUT2D eigenvalue weighted by Gasteiger charge is 2.25. The van der Waals surface area contributed by atoms with Gasteiger partial charge in [0, 0.05) is 37.8 Å². The van der Waals surface area contributed by atoms with Gasteiger partial charge in [-0.05, 0) is 41.1 Å². The van der Waals surface area contributed by atoms with Gasteiger partial charge in [0.15, 0.2) is 0 Å². The molecule has 3 heterocycles. The van der Waals surface area contributed by atoms with Crippen LogP contribution >= 0.6 is 0 Å². The maximum absolute atomic E-state index is 13.3. The minimum atomic E-state index is -0.597. The number of methoxy groups -OCH3 is 1. The van der Waals surface area contributed by atoms with Crippen LogP contribution in [0, 0.1) is 6.92 Å². The van der Waals surface area contributed by atoms with Gasteiger partial charge in [0.1, 0.15) is 23.4 Å². The lowest BCUT2D eigenvalue weighted by Crippen LogP contribution is -2.38. The highest BCUT2D eigenvalue weighted by molar-refractivity contribution is 5.80. The van der Waals surface area contributed by atoms with Crippen LogP contribution in [-0.4, -0.2) is 64.5 Å². The number of amides is 1. The van der Waals surface area contributed by atoms with Gasteiger partial charge >= 0.3 is 0 Å². The molecule has 32 heavy (non-hydrogen) atoms. The van der Waals surface area contributed by atoms with Crippen LogP contribution in [0.1, 0.15) is 23.0 Å². The summed E-state index contributed by atoms with van der Waals surface area (Å²) in [6.45, 7) is 5.03. The fourth-order valence-electron chi connectivity index (χ4n) is 3.77. The lowest BCUT2D eigenvalue weighted by Gasteiger charge is -2.29. The summed E-state index contributed by atoms with van der Waals surface area (Å²) >= 11 is 0. The highest BCUT2D eigenvalue weighted by atomic mass is 16.5. The number of rotatable bonds is 8. The molecule has 1 aromatic carbocycles. The standard InChI is InChI=1S/C22H27N7O3/c1-16-25-26-27-29(16)20(14-17-5-3-7-19(13-17)31-2)22(30)24-15-18-6-4-8-23-21(18)28-9-11-32-12-10-28/h3-8,13,20H,9-12,14-15H2,1-2H3,(H,24,30). The lowest BCUT2D eigenvalue weighted by atomic mass is 10.0. The van der Waals surface area contributed by atoms with E-state index in [1.54, 1.807) is 24.9 Å². The number of nitrogens with one attached hydrogen (secondary N) is 1. The van der Waals surface area contributed by atoms with E-state index in [-0.39, 0.29) is 5.91 Å². The van der Waals surface area contributed by atoms with Crippen molar-refractivity contribution in [2.45, 2.75) is 25.9 Å². The second kappa shape index (κ2) is 10.2. The minimum Gasteiger partial charge on any atom is -0.497 e. The molecule has 0 radical (unpaired) electrons. The third-order valence-corrected chi connectivity index (χ3v) is 5.45. The molecule has 3 aromatic rings. The molecule has 1 amide bonds. The molecule has 2 aromatic heterocycles. The third-order valence-electron chi connectivity index (χ3n) is 5.45. The zero-order chi connectivity index (χ0) is 22.3. The molecule has 4 rings (SSSR count). The zero-order valence-corrected chi connectivity index (χ0v) is 18.3. The monoisotopic (exact) mass is 437 g/mol. The number of anilines is 1. The number of carbonyl (C=O) groups is 1. The molecule has 0 bridgehead atoms. The Labute approximate surface area is 186 Å². The SMILES string of the molecule is COc1cccc(CC(C(=O)NCc2cccnc2N2CCOCC2)n2nnnc2C)c1. The van der Waals surface area contributed by atoms with Crippen molar-refractivity contribution in [1.29, 1.82) is 0 Å². The van der Waals surface area contributed by atoms with E-state index in [0.29, 0.717) is 32.0 Å². The van der Waals surface area contributed by atoms with E-state index < -0.39 is 6.04 Å². The number of nitrogens with zero attached hydrogens (tertiary/aromatic N) is 6. The summed E-state index contributed by atoms with van der Waals surface area (Å²) in [6, 6.07) is 10.9. The molecule has 0 aliphatic carbocycles. The smallest absolute Gasteiger partial charge is 0.245 e. The maximum atomic E-state index is 13.3. The molecule has 10 heteroatoms. The van der Waals surface area contributed by atoms with E-state index in [4.69, 9.17) is 9.47 Å². The Morgan fingerprint density at radius 3 is 2.84 bits per heavy atom. The van der Waals surface area contributed by atoms with Gasteiger partial charge in [0.25, 0.3) is 0 Å². The van der Waals surface area contributed by atoms with Crippen molar-refractivity contribution < 1.29 is 14.3 Å². The maximum Gasteiger partial charge on any atom is 0.245 e. The largest absolute Gasteiger partial charge is 0.497 e. The quantitative estimate of drug-likeness (QED) is 0.562. The van der Waals surface area contributed by atoms with Gasteiger partial charge < -0.3 is 19.7 Å². The van der Waals surface area contributed by atoms with Crippen LogP contribution in [0.5, 0.6) is 5.75 Å². The number of carbonyl (C=O) groups excluding carboxylic acids is 1. The summed E-state index contributed by atoms with van der Waals surface area (Å²) in [5.74, 6) is 2.02. The predicted octanol–water partition coefficient (Wildman–Crippen LogP) is 1.32. The topological polar surface area (TPSA) is 107 Å². The van der Waals surface area contributed by atoms with Crippen LogP contribution in [-0.2, 0) is 22.5 Å². The Bertz CT molecular complexity index is 1050. The summed E-state index contributed by atoms with van der Waals surface area (Å²) in [4.78, 5) is 20.0. The van der Waals surface area contributed by atoms with Crippen molar-refractivity contribution in [3.05, 3.63) is 59.5 Å². The van der Waals surface area contributed by atoms with E-state index in [0.717, 1.165) is 35.8 Å². The van der Waals surface area contributed by atoms with Crippen molar-refractivity contribution in [2.24, 2.45) is 0 Å². The third kappa shape index (κ3) is 5.02. The van der Waals surface area contributed by atoms with Crippen LogP contribution in [0.2, 0.25) is 0 Å². The van der Waals surface area contributed by atoms with Gasteiger partial charge in [-0.2, -0.15) is 0 Å². The fourth-order valence-corrected chi connectivity index (χ4v) is 3.77. The first-order valence-corrected chi connectivity index (χ1v) is 10.6.